The third kappa shape index (κ3) is 3.95. The Balaban J connectivity index is 1.85. The predicted molar refractivity (Wildman–Crippen MR) is 71.5 cm³/mol. The zero-order valence-corrected chi connectivity index (χ0v) is 11.9. The van der Waals surface area contributed by atoms with Crippen molar-refractivity contribution in [3.8, 4) is 0 Å². The lowest BCUT2D eigenvalue weighted by molar-refractivity contribution is -0.143. The average Bonchev–Trinajstić information content (AvgIpc) is 3.05. The number of aryl methyl sites for hydroxylation is 1. The molecule has 0 bridgehead atoms. The van der Waals surface area contributed by atoms with Gasteiger partial charge in [0.15, 0.2) is 0 Å². The standard InChI is InChI=1S/C11H16IN3O2/c1-17-11(16)10(14-9-2-3-9)4-5-15-7-8(12)6-13-15/h6-7,9-10,14H,2-5H2,1H3. The molecule has 17 heavy (non-hydrogen) atoms. The van der Waals surface area contributed by atoms with Crippen molar-refractivity contribution in [3.63, 3.8) is 0 Å². The number of aromatic nitrogens is 2. The maximum atomic E-state index is 11.6. The fourth-order valence-corrected chi connectivity index (χ4v) is 2.11. The zero-order valence-electron chi connectivity index (χ0n) is 9.73. The number of ether oxygens (including phenoxy) is 1. The largest absolute Gasteiger partial charge is 0.468 e. The van der Waals surface area contributed by atoms with Crippen LogP contribution in [0.15, 0.2) is 12.4 Å². The smallest absolute Gasteiger partial charge is 0.322 e. The van der Waals surface area contributed by atoms with Crippen molar-refractivity contribution < 1.29 is 9.53 Å². The van der Waals surface area contributed by atoms with E-state index < -0.39 is 0 Å². The summed E-state index contributed by atoms with van der Waals surface area (Å²) in [4.78, 5) is 11.6. The third-order valence-electron chi connectivity index (χ3n) is 2.75. The molecule has 1 saturated carbocycles. The molecule has 1 aromatic heterocycles. The number of esters is 1. The lowest BCUT2D eigenvalue weighted by atomic mass is 10.2. The van der Waals surface area contributed by atoms with Crippen LogP contribution in [0.5, 0.6) is 0 Å². The summed E-state index contributed by atoms with van der Waals surface area (Å²) >= 11 is 2.22. The molecule has 1 unspecified atom stereocenters. The first-order chi connectivity index (χ1) is 8.19. The first-order valence-electron chi connectivity index (χ1n) is 5.71. The van der Waals surface area contributed by atoms with Crippen molar-refractivity contribution in [2.45, 2.75) is 37.9 Å². The van der Waals surface area contributed by atoms with E-state index in [0.29, 0.717) is 12.5 Å². The number of nitrogens with zero attached hydrogens (tertiary/aromatic N) is 2. The minimum Gasteiger partial charge on any atom is -0.468 e. The monoisotopic (exact) mass is 349 g/mol. The first kappa shape index (κ1) is 12.8. The predicted octanol–water partition coefficient (Wildman–Crippen LogP) is 1.17. The highest BCUT2D eigenvalue weighted by Gasteiger charge is 2.28. The zero-order chi connectivity index (χ0) is 12.3. The van der Waals surface area contributed by atoms with Gasteiger partial charge < -0.3 is 10.1 Å². The van der Waals surface area contributed by atoms with E-state index in [0.717, 1.165) is 23.0 Å². The summed E-state index contributed by atoms with van der Waals surface area (Å²) in [6.07, 6.45) is 6.80. The number of carbonyl (C=O) groups is 1. The van der Waals surface area contributed by atoms with Crippen LogP contribution in [-0.2, 0) is 16.1 Å². The van der Waals surface area contributed by atoms with Gasteiger partial charge in [0.1, 0.15) is 6.04 Å². The Labute approximate surface area is 114 Å². The molecule has 0 aromatic carbocycles. The summed E-state index contributed by atoms with van der Waals surface area (Å²) in [6, 6.07) is 0.284. The van der Waals surface area contributed by atoms with Gasteiger partial charge in [-0.25, -0.2) is 0 Å². The lowest BCUT2D eigenvalue weighted by Crippen LogP contribution is -2.39. The van der Waals surface area contributed by atoms with Gasteiger partial charge in [0.25, 0.3) is 0 Å². The average molecular weight is 349 g/mol. The number of nitrogens with one attached hydrogen (secondary N) is 1. The van der Waals surface area contributed by atoms with E-state index >= 15 is 0 Å². The second-order valence-electron chi connectivity index (χ2n) is 4.23. The molecule has 1 aliphatic carbocycles. The maximum absolute atomic E-state index is 11.6. The third-order valence-corrected chi connectivity index (χ3v) is 3.31. The molecule has 6 heteroatoms. The van der Waals surface area contributed by atoms with Crippen LogP contribution in [0, 0.1) is 3.57 Å². The van der Waals surface area contributed by atoms with Gasteiger partial charge in [0, 0.05) is 18.8 Å². The van der Waals surface area contributed by atoms with Crippen LogP contribution in [0.3, 0.4) is 0 Å². The normalized spacial score (nSPS) is 16.8. The Morgan fingerprint density at radius 2 is 2.53 bits per heavy atom. The minimum atomic E-state index is -0.214. The summed E-state index contributed by atoms with van der Waals surface area (Å²) in [6.45, 7) is 0.725. The van der Waals surface area contributed by atoms with Crippen LogP contribution in [0.25, 0.3) is 0 Å². The molecule has 1 heterocycles. The summed E-state index contributed by atoms with van der Waals surface area (Å²) in [7, 11) is 1.43. The van der Waals surface area contributed by atoms with E-state index in [-0.39, 0.29) is 12.0 Å². The van der Waals surface area contributed by atoms with Crippen molar-refractivity contribution in [1.82, 2.24) is 15.1 Å². The van der Waals surface area contributed by atoms with Crippen LogP contribution in [0.4, 0.5) is 0 Å². The first-order valence-corrected chi connectivity index (χ1v) is 6.78. The molecule has 5 nitrogen and oxygen atoms in total. The highest BCUT2D eigenvalue weighted by Crippen LogP contribution is 2.20. The van der Waals surface area contributed by atoms with Crippen LogP contribution in [0.2, 0.25) is 0 Å². The van der Waals surface area contributed by atoms with E-state index in [4.69, 9.17) is 4.74 Å². The highest BCUT2D eigenvalue weighted by molar-refractivity contribution is 14.1. The quantitative estimate of drug-likeness (QED) is 0.619. The second-order valence-corrected chi connectivity index (χ2v) is 5.47. The number of hydrogen-bond donors (Lipinski definition) is 1. The van der Waals surface area contributed by atoms with Gasteiger partial charge in [-0.1, -0.05) is 0 Å². The minimum absolute atomic E-state index is 0.182. The Morgan fingerprint density at radius 1 is 1.76 bits per heavy atom. The van der Waals surface area contributed by atoms with Gasteiger partial charge in [0.2, 0.25) is 0 Å². The van der Waals surface area contributed by atoms with Crippen LogP contribution in [-0.4, -0.2) is 34.9 Å². The van der Waals surface area contributed by atoms with Crippen LogP contribution in [0.1, 0.15) is 19.3 Å². The molecule has 1 aliphatic rings. The van der Waals surface area contributed by atoms with Crippen molar-refractivity contribution in [2.24, 2.45) is 0 Å². The SMILES string of the molecule is COC(=O)C(CCn1cc(I)cn1)NC1CC1. The Bertz CT molecular complexity index is 390. The van der Waals surface area contributed by atoms with E-state index in [2.05, 4.69) is 33.0 Å². The molecule has 1 aromatic rings. The van der Waals surface area contributed by atoms with E-state index in [1.807, 2.05) is 17.1 Å². The van der Waals surface area contributed by atoms with Gasteiger partial charge in [-0.05, 0) is 41.9 Å². The fraction of sp³-hybridized carbons (Fsp3) is 0.636. The van der Waals surface area contributed by atoms with Gasteiger partial charge in [-0.2, -0.15) is 5.10 Å². The molecule has 1 fully saturated rings. The molecule has 0 amide bonds. The maximum Gasteiger partial charge on any atom is 0.322 e. The molecule has 1 atom stereocenters. The molecule has 0 radical (unpaired) electrons. The lowest BCUT2D eigenvalue weighted by Gasteiger charge is -2.15. The number of rotatable bonds is 6. The van der Waals surface area contributed by atoms with Gasteiger partial charge in [0.05, 0.1) is 16.9 Å². The molecule has 0 spiro atoms. The van der Waals surface area contributed by atoms with Gasteiger partial charge >= 0.3 is 5.97 Å². The van der Waals surface area contributed by atoms with Crippen molar-refractivity contribution in [3.05, 3.63) is 16.0 Å². The Kier molecular flexibility index (Phi) is 4.38. The number of hydrogen-bond acceptors (Lipinski definition) is 4. The van der Waals surface area contributed by atoms with Crippen molar-refractivity contribution in [2.75, 3.05) is 7.11 Å². The molecular weight excluding hydrogens is 333 g/mol. The summed E-state index contributed by atoms with van der Waals surface area (Å²) < 4.78 is 7.76. The van der Waals surface area contributed by atoms with Crippen LogP contribution < -0.4 is 5.32 Å². The van der Waals surface area contributed by atoms with E-state index in [1.165, 1.54) is 7.11 Å². The van der Waals surface area contributed by atoms with Crippen molar-refractivity contribution >= 4 is 28.6 Å². The van der Waals surface area contributed by atoms with Gasteiger partial charge in [-0.15, -0.1) is 0 Å². The van der Waals surface area contributed by atoms with E-state index in [1.54, 1.807) is 0 Å². The van der Waals surface area contributed by atoms with Crippen LogP contribution >= 0.6 is 22.6 Å². The fourth-order valence-electron chi connectivity index (χ4n) is 1.67. The van der Waals surface area contributed by atoms with E-state index in [9.17, 15) is 4.79 Å². The number of carbonyl (C=O) groups excluding carboxylic acids is 1. The van der Waals surface area contributed by atoms with Gasteiger partial charge in [-0.3, -0.25) is 9.48 Å². The molecule has 0 saturated heterocycles. The summed E-state index contributed by atoms with van der Waals surface area (Å²) in [5.74, 6) is -0.182. The molecule has 0 aliphatic heterocycles. The molecular formula is C11H16IN3O2. The Morgan fingerprint density at radius 3 is 3.06 bits per heavy atom. The van der Waals surface area contributed by atoms with Crippen molar-refractivity contribution in [1.29, 1.82) is 0 Å². The molecule has 2 rings (SSSR count). The topological polar surface area (TPSA) is 56.2 Å². The number of methoxy groups -OCH3 is 1. The molecule has 94 valence electrons. The number of halogens is 1. The second kappa shape index (κ2) is 5.81. The summed E-state index contributed by atoms with van der Waals surface area (Å²) in [5, 5.41) is 7.50. The summed E-state index contributed by atoms with van der Waals surface area (Å²) in [5.41, 5.74) is 0. The highest BCUT2D eigenvalue weighted by atomic mass is 127. The Hall–Kier alpha value is -0.630. The molecule has 1 N–H and O–H groups in total.